The Labute approximate surface area is 184 Å². The summed E-state index contributed by atoms with van der Waals surface area (Å²) in [5.41, 5.74) is 3.69. The number of hydrogen-bond donors (Lipinski definition) is 0. The first-order valence-corrected chi connectivity index (χ1v) is 10.3. The lowest BCUT2D eigenvalue weighted by Crippen LogP contribution is -2.25. The van der Waals surface area contributed by atoms with E-state index in [1.54, 1.807) is 37.3 Å². The summed E-state index contributed by atoms with van der Waals surface area (Å²) in [6.45, 7) is 2.81. The fraction of sp³-hybridized carbons (Fsp3) is 0.160. The van der Waals surface area contributed by atoms with Crippen LogP contribution in [0.4, 0.5) is 5.69 Å². The van der Waals surface area contributed by atoms with Crippen LogP contribution in [-0.4, -0.2) is 31.1 Å². The second-order valence-corrected chi connectivity index (χ2v) is 7.32. The highest BCUT2D eigenvalue weighted by Gasteiger charge is 2.28. The standard InChI is InChI=1S/C25H20N2O5/c1-2-30-25(29)16-7-10-19(11-8-16)27-14-18-5-3-4-6-20(18)23(27)26-24(28)17-9-12-21-22(13-17)32-15-31-21/h3-13H,2,14-15H2,1H3. The molecular formula is C25H20N2O5. The molecule has 7 heteroatoms. The summed E-state index contributed by atoms with van der Waals surface area (Å²) in [6.07, 6.45) is 0. The summed E-state index contributed by atoms with van der Waals surface area (Å²) in [5, 5.41) is 0. The number of ether oxygens (including phenoxy) is 3. The third-order valence-corrected chi connectivity index (χ3v) is 5.36. The Hall–Kier alpha value is -4.13. The predicted molar refractivity (Wildman–Crippen MR) is 118 cm³/mol. The average Bonchev–Trinajstić information content (AvgIpc) is 3.43. The van der Waals surface area contributed by atoms with Crippen molar-refractivity contribution in [2.24, 2.45) is 4.99 Å². The molecule has 0 N–H and O–H groups in total. The lowest BCUT2D eigenvalue weighted by molar-refractivity contribution is 0.0526. The van der Waals surface area contributed by atoms with Crippen LogP contribution in [0, 0.1) is 0 Å². The minimum atomic E-state index is -0.372. The van der Waals surface area contributed by atoms with Crippen molar-refractivity contribution < 1.29 is 23.8 Å². The molecule has 160 valence electrons. The summed E-state index contributed by atoms with van der Waals surface area (Å²) in [4.78, 5) is 31.4. The summed E-state index contributed by atoms with van der Waals surface area (Å²) in [7, 11) is 0. The third-order valence-electron chi connectivity index (χ3n) is 5.36. The van der Waals surface area contributed by atoms with Crippen molar-refractivity contribution in [3.8, 4) is 11.5 Å². The predicted octanol–water partition coefficient (Wildman–Crippen LogP) is 4.20. The van der Waals surface area contributed by atoms with Gasteiger partial charge in [-0.05, 0) is 55.0 Å². The van der Waals surface area contributed by atoms with Crippen molar-refractivity contribution in [3.63, 3.8) is 0 Å². The number of aliphatic imine (C=N–C) groups is 1. The first kappa shape index (κ1) is 19.8. The van der Waals surface area contributed by atoms with Gasteiger partial charge >= 0.3 is 5.97 Å². The molecule has 0 aromatic heterocycles. The fourth-order valence-corrected chi connectivity index (χ4v) is 3.78. The van der Waals surface area contributed by atoms with Crippen molar-refractivity contribution in [3.05, 3.63) is 89.0 Å². The van der Waals surface area contributed by atoms with E-state index in [-0.39, 0.29) is 18.7 Å². The van der Waals surface area contributed by atoms with Gasteiger partial charge in [-0.1, -0.05) is 24.3 Å². The van der Waals surface area contributed by atoms with E-state index in [9.17, 15) is 9.59 Å². The quantitative estimate of drug-likeness (QED) is 0.580. The summed E-state index contributed by atoms with van der Waals surface area (Å²) in [6, 6.07) is 20.0. The van der Waals surface area contributed by atoms with E-state index in [0.29, 0.717) is 41.6 Å². The van der Waals surface area contributed by atoms with Crippen LogP contribution in [0.3, 0.4) is 0 Å². The number of hydrogen-bond acceptors (Lipinski definition) is 5. The molecule has 3 aromatic carbocycles. The monoisotopic (exact) mass is 428 g/mol. The normalized spacial score (nSPS) is 15.0. The van der Waals surface area contributed by atoms with Gasteiger partial charge in [0.15, 0.2) is 11.5 Å². The molecule has 2 aliphatic rings. The molecule has 1 amide bonds. The Kier molecular flexibility index (Phi) is 5.07. The Balaban J connectivity index is 1.49. The molecular weight excluding hydrogens is 408 g/mol. The molecule has 2 aliphatic heterocycles. The number of amides is 1. The molecule has 3 aromatic rings. The molecule has 0 bridgehead atoms. The summed E-state index contributed by atoms with van der Waals surface area (Å²) in [5.74, 6) is 0.976. The molecule has 0 aliphatic carbocycles. The fourth-order valence-electron chi connectivity index (χ4n) is 3.78. The maximum absolute atomic E-state index is 13.0. The zero-order chi connectivity index (χ0) is 22.1. The first-order chi connectivity index (χ1) is 15.6. The van der Waals surface area contributed by atoms with Crippen LogP contribution in [0.2, 0.25) is 0 Å². The highest BCUT2D eigenvalue weighted by Crippen LogP contribution is 2.33. The number of nitrogens with zero attached hydrogens (tertiary/aromatic N) is 2. The van der Waals surface area contributed by atoms with E-state index < -0.39 is 0 Å². The van der Waals surface area contributed by atoms with E-state index in [4.69, 9.17) is 14.2 Å². The molecule has 0 radical (unpaired) electrons. The molecule has 5 rings (SSSR count). The zero-order valence-electron chi connectivity index (χ0n) is 17.4. The van der Waals surface area contributed by atoms with Gasteiger partial charge in [-0.3, -0.25) is 4.79 Å². The maximum Gasteiger partial charge on any atom is 0.338 e. The Morgan fingerprint density at radius 3 is 2.53 bits per heavy atom. The van der Waals surface area contributed by atoms with Crippen LogP contribution in [0.1, 0.15) is 38.8 Å². The molecule has 0 spiro atoms. The van der Waals surface area contributed by atoms with Crippen LogP contribution in [0.15, 0.2) is 71.7 Å². The highest BCUT2D eigenvalue weighted by atomic mass is 16.7. The number of rotatable bonds is 4. The Bertz CT molecular complexity index is 1230. The van der Waals surface area contributed by atoms with Crippen molar-refractivity contribution in [2.45, 2.75) is 13.5 Å². The van der Waals surface area contributed by atoms with Gasteiger partial charge in [0, 0.05) is 16.8 Å². The second-order valence-electron chi connectivity index (χ2n) is 7.32. The van der Waals surface area contributed by atoms with E-state index in [1.165, 1.54) is 0 Å². The number of carbonyl (C=O) groups excluding carboxylic acids is 2. The van der Waals surface area contributed by atoms with Crippen LogP contribution in [0.25, 0.3) is 0 Å². The van der Waals surface area contributed by atoms with Gasteiger partial charge in [0.1, 0.15) is 5.84 Å². The van der Waals surface area contributed by atoms with E-state index in [2.05, 4.69) is 4.99 Å². The largest absolute Gasteiger partial charge is 0.462 e. The van der Waals surface area contributed by atoms with Crippen LogP contribution in [-0.2, 0) is 11.3 Å². The smallest absolute Gasteiger partial charge is 0.338 e. The van der Waals surface area contributed by atoms with Crippen molar-refractivity contribution in [1.29, 1.82) is 0 Å². The molecule has 0 unspecified atom stereocenters. The van der Waals surface area contributed by atoms with Crippen molar-refractivity contribution in [2.75, 3.05) is 18.3 Å². The van der Waals surface area contributed by atoms with Gasteiger partial charge < -0.3 is 19.1 Å². The number of esters is 1. The van der Waals surface area contributed by atoms with Crippen LogP contribution >= 0.6 is 0 Å². The van der Waals surface area contributed by atoms with Crippen LogP contribution in [0.5, 0.6) is 11.5 Å². The molecule has 0 atom stereocenters. The molecule has 0 fully saturated rings. The van der Waals surface area contributed by atoms with Gasteiger partial charge in [0.25, 0.3) is 5.91 Å². The van der Waals surface area contributed by atoms with Crippen LogP contribution < -0.4 is 14.4 Å². The molecule has 32 heavy (non-hydrogen) atoms. The van der Waals surface area contributed by atoms with E-state index in [1.807, 2.05) is 41.3 Å². The lowest BCUT2D eigenvalue weighted by atomic mass is 10.1. The number of carbonyl (C=O) groups is 2. The molecule has 0 saturated carbocycles. The van der Waals surface area contributed by atoms with Crippen molar-refractivity contribution >= 4 is 23.4 Å². The SMILES string of the molecule is CCOC(=O)c1ccc(N2Cc3ccccc3C2=NC(=O)c2ccc3c(c2)OCO3)cc1. The minimum absolute atomic E-state index is 0.143. The number of amidine groups is 1. The van der Waals surface area contributed by atoms with Gasteiger partial charge in [-0.15, -0.1) is 0 Å². The van der Waals surface area contributed by atoms with Gasteiger partial charge in [-0.25, -0.2) is 4.79 Å². The Morgan fingerprint density at radius 1 is 0.969 bits per heavy atom. The topological polar surface area (TPSA) is 77.4 Å². The number of anilines is 1. The highest BCUT2D eigenvalue weighted by molar-refractivity contribution is 6.19. The number of benzene rings is 3. The third kappa shape index (κ3) is 3.58. The summed E-state index contributed by atoms with van der Waals surface area (Å²) < 4.78 is 15.8. The first-order valence-electron chi connectivity index (χ1n) is 10.3. The maximum atomic E-state index is 13.0. The molecule has 2 heterocycles. The minimum Gasteiger partial charge on any atom is -0.462 e. The van der Waals surface area contributed by atoms with E-state index in [0.717, 1.165) is 16.8 Å². The average molecular weight is 428 g/mol. The van der Waals surface area contributed by atoms with Crippen molar-refractivity contribution in [1.82, 2.24) is 0 Å². The van der Waals surface area contributed by atoms with Gasteiger partial charge in [0.05, 0.1) is 18.7 Å². The molecule has 7 nitrogen and oxygen atoms in total. The van der Waals surface area contributed by atoms with Gasteiger partial charge in [0.2, 0.25) is 6.79 Å². The summed E-state index contributed by atoms with van der Waals surface area (Å²) >= 11 is 0. The Morgan fingerprint density at radius 2 is 1.72 bits per heavy atom. The second kappa shape index (κ2) is 8.19. The number of fused-ring (bicyclic) bond motifs is 2. The lowest BCUT2D eigenvalue weighted by Gasteiger charge is -2.19. The molecule has 0 saturated heterocycles. The van der Waals surface area contributed by atoms with E-state index >= 15 is 0 Å². The van der Waals surface area contributed by atoms with Gasteiger partial charge in [-0.2, -0.15) is 4.99 Å². The zero-order valence-corrected chi connectivity index (χ0v) is 17.4.